The quantitative estimate of drug-likeness (QED) is 0.724. The van der Waals surface area contributed by atoms with Crippen molar-refractivity contribution in [1.29, 1.82) is 0 Å². The zero-order valence-electron chi connectivity index (χ0n) is 9.92. The van der Waals surface area contributed by atoms with E-state index < -0.39 is 34.7 Å². The molecular weight excluding hydrogens is 261 g/mol. The molecule has 0 radical (unpaired) electrons. The first-order valence-corrected chi connectivity index (χ1v) is 5.83. The van der Waals surface area contributed by atoms with Gasteiger partial charge in [-0.2, -0.15) is 4.39 Å². The van der Waals surface area contributed by atoms with Gasteiger partial charge in [-0.15, -0.1) is 0 Å². The molecule has 7 heteroatoms. The standard InChI is InChI=1S/C12H13F3N2O2/c13-7-3-6(9(14)11(18)10(7)15)12(19)17-8(4-16)5-1-2-5/h3,5,8,18H,1-2,4,16H2,(H,17,19). The van der Waals surface area contributed by atoms with Gasteiger partial charge in [-0.3, -0.25) is 4.79 Å². The Kier molecular flexibility index (Phi) is 3.66. The van der Waals surface area contributed by atoms with E-state index in [1.54, 1.807) is 0 Å². The Bertz CT molecular complexity index is 518. The van der Waals surface area contributed by atoms with Crippen molar-refractivity contribution in [1.82, 2.24) is 5.32 Å². The molecule has 0 bridgehead atoms. The van der Waals surface area contributed by atoms with Crippen LogP contribution in [0.3, 0.4) is 0 Å². The number of phenolic OH excluding ortho intramolecular Hbond substituents is 1. The van der Waals surface area contributed by atoms with E-state index >= 15 is 0 Å². The van der Waals surface area contributed by atoms with Crippen LogP contribution in [0.4, 0.5) is 13.2 Å². The van der Waals surface area contributed by atoms with Gasteiger partial charge in [0.1, 0.15) is 0 Å². The van der Waals surface area contributed by atoms with E-state index in [2.05, 4.69) is 5.32 Å². The predicted octanol–water partition coefficient (Wildman–Crippen LogP) is 1.28. The summed E-state index contributed by atoms with van der Waals surface area (Å²) in [6, 6.07) is 0.0855. The fourth-order valence-corrected chi connectivity index (χ4v) is 1.87. The van der Waals surface area contributed by atoms with Gasteiger partial charge in [-0.25, -0.2) is 8.78 Å². The zero-order valence-corrected chi connectivity index (χ0v) is 9.92. The third-order valence-electron chi connectivity index (χ3n) is 3.14. The molecule has 1 aromatic rings. The van der Waals surface area contributed by atoms with Gasteiger partial charge < -0.3 is 16.2 Å². The summed E-state index contributed by atoms with van der Waals surface area (Å²) in [4.78, 5) is 11.8. The van der Waals surface area contributed by atoms with Gasteiger partial charge >= 0.3 is 0 Å². The number of phenols is 1. The number of amides is 1. The fourth-order valence-electron chi connectivity index (χ4n) is 1.87. The van der Waals surface area contributed by atoms with Crippen molar-refractivity contribution in [3.05, 3.63) is 29.1 Å². The average Bonchev–Trinajstić information content (AvgIpc) is 3.21. The predicted molar refractivity (Wildman–Crippen MR) is 61.0 cm³/mol. The highest BCUT2D eigenvalue weighted by atomic mass is 19.2. The van der Waals surface area contributed by atoms with Crippen LogP contribution in [0.1, 0.15) is 23.2 Å². The summed E-state index contributed by atoms with van der Waals surface area (Å²) in [7, 11) is 0. The number of hydrogen-bond acceptors (Lipinski definition) is 3. The summed E-state index contributed by atoms with van der Waals surface area (Å²) >= 11 is 0. The Balaban J connectivity index is 2.23. The molecule has 0 aliphatic heterocycles. The minimum atomic E-state index is -1.72. The van der Waals surface area contributed by atoms with E-state index in [-0.39, 0.29) is 18.5 Å². The summed E-state index contributed by atoms with van der Waals surface area (Å²) in [5.74, 6) is -6.87. The maximum Gasteiger partial charge on any atom is 0.254 e. The van der Waals surface area contributed by atoms with Crippen LogP contribution >= 0.6 is 0 Å². The second kappa shape index (κ2) is 5.08. The van der Waals surface area contributed by atoms with Crippen LogP contribution < -0.4 is 11.1 Å². The molecule has 0 saturated heterocycles. The summed E-state index contributed by atoms with van der Waals surface area (Å²) < 4.78 is 39.5. The van der Waals surface area contributed by atoms with Crippen molar-refractivity contribution < 1.29 is 23.1 Å². The minimum Gasteiger partial charge on any atom is -0.503 e. The highest BCUT2D eigenvalue weighted by Crippen LogP contribution is 2.32. The van der Waals surface area contributed by atoms with Crippen molar-refractivity contribution >= 4 is 5.91 Å². The lowest BCUT2D eigenvalue weighted by atomic mass is 10.1. The number of carbonyl (C=O) groups excluding carboxylic acids is 1. The molecule has 0 heterocycles. The monoisotopic (exact) mass is 274 g/mol. The van der Waals surface area contributed by atoms with E-state index in [0.29, 0.717) is 6.07 Å². The first kappa shape index (κ1) is 13.7. The molecule has 1 aliphatic rings. The van der Waals surface area contributed by atoms with Crippen LogP contribution in [0.15, 0.2) is 6.07 Å². The maximum absolute atomic E-state index is 13.5. The van der Waals surface area contributed by atoms with Gasteiger partial charge in [0.15, 0.2) is 17.4 Å². The van der Waals surface area contributed by atoms with Crippen LogP contribution in [0.25, 0.3) is 0 Å². The lowest BCUT2D eigenvalue weighted by molar-refractivity contribution is 0.0927. The molecule has 4 nitrogen and oxygen atoms in total. The van der Waals surface area contributed by atoms with Crippen molar-refractivity contribution in [3.8, 4) is 5.75 Å². The third kappa shape index (κ3) is 2.65. The molecular formula is C12H13F3N2O2. The lowest BCUT2D eigenvalue weighted by Gasteiger charge is -2.16. The van der Waals surface area contributed by atoms with Crippen molar-refractivity contribution in [3.63, 3.8) is 0 Å². The van der Waals surface area contributed by atoms with Gasteiger partial charge in [0.05, 0.1) is 5.56 Å². The Morgan fingerprint density at radius 3 is 2.58 bits per heavy atom. The molecule has 104 valence electrons. The van der Waals surface area contributed by atoms with E-state index in [4.69, 9.17) is 10.8 Å². The Labute approximate surface area is 107 Å². The largest absolute Gasteiger partial charge is 0.503 e. The van der Waals surface area contributed by atoms with E-state index in [1.807, 2.05) is 0 Å². The molecule has 1 fully saturated rings. The summed E-state index contributed by atoms with van der Waals surface area (Å²) in [6.07, 6.45) is 1.82. The van der Waals surface area contributed by atoms with Crippen molar-refractivity contribution in [2.45, 2.75) is 18.9 Å². The van der Waals surface area contributed by atoms with E-state index in [9.17, 15) is 18.0 Å². The van der Waals surface area contributed by atoms with Gasteiger partial charge in [-0.05, 0) is 24.8 Å². The Morgan fingerprint density at radius 1 is 1.42 bits per heavy atom. The molecule has 1 aromatic carbocycles. The van der Waals surface area contributed by atoms with Crippen LogP contribution in [-0.4, -0.2) is 23.6 Å². The minimum absolute atomic E-state index is 0.174. The van der Waals surface area contributed by atoms with Crippen LogP contribution in [0, 0.1) is 23.4 Å². The molecule has 1 amide bonds. The number of benzene rings is 1. The molecule has 0 aromatic heterocycles. The van der Waals surface area contributed by atoms with Gasteiger partial charge in [0.25, 0.3) is 5.91 Å². The summed E-state index contributed by atoms with van der Waals surface area (Å²) in [5.41, 5.74) is 4.73. The first-order valence-electron chi connectivity index (χ1n) is 5.83. The molecule has 4 N–H and O–H groups in total. The van der Waals surface area contributed by atoms with Gasteiger partial charge in [-0.1, -0.05) is 0 Å². The highest BCUT2D eigenvalue weighted by molar-refractivity contribution is 5.95. The number of nitrogens with one attached hydrogen (secondary N) is 1. The van der Waals surface area contributed by atoms with E-state index in [1.165, 1.54) is 0 Å². The SMILES string of the molecule is NCC(NC(=O)c1cc(F)c(F)c(O)c1F)C1CC1. The molecule has 1 unspecified atom stereocenters. The Morgan fingerprint density at radius 2 is 2.05 bits per heavy atom. The first-order chi connectivity index (χ1) is 8.95. The second-order valence-corrected chi connectivity index (χ2v) is 4.54. The number of carbonyl (C=O) groups is 1. The zero-order chi connectivity index (χ0) is 14.2. The van der Waals surface area contributed by atoms with Crippen molar-refractivity contribution in [2.24, 2.45) is 11.7 Å². The second-order valence-electron chi connectivity index (χ2n) is 4.54. The fraction of sp³-hybridized carbons (Fsp3) is 0.417. The number of nitrogens with two attached hydrogens (primary N) is 1. The molecule has 1 atom stereocenters. The van der Waals surface area contributed by atoms with Gasteiger partial charge in [0.2, 0.25) is 5.82 Å². The molecule has 0 spiro atoms. The summed E-state index contributed by atoms with van der Waals surface area (Å²) in [6.45, 7) is 0.174. The van der Waals surface area contributed by atoms with Crippen molar-refractivity contribution in [2.75, 3.05) is 6.54 Å². The highest BCUT2D eigenvalue weighted by Gasteiger charge is 2.32. The Hall–Kier alpha value is -1.76. The number of hydrogen-bond donors (Lipinski definition) is 3. The molecule has 1 saturated carbocycles. The number of aromatic hydroxyl groups is 1. The molecule has 2 rings (SSSR count). The van der Waals surface area contributed by atoms with Gasteiger partial charge in [0, 0.05) is 12.6 Å². The molecule has 19 heavy (non-hydrogen) atoms. The maximum atomic E-state index is 13.5. The van der Waals surface area contributed by atoms with Crippen LogP contribution in [0.5, 0.6) is 5.75 Å². The van der Waals surface area contributed by atoms with E-state index in [0.717, 1.165) is 12.8 Å². The van der Waals surface area contributed by atoms with Crippen LogP contribution in [-0.2, 0) is 0 Å². The average molecular weight is 274 g/mol. The smallest absolute Gasteiger partial charge is 0.254 e. The number of halogens is 3. The third-order valence-corrected chi connectivity index (χ3v) is 3.14. The van der Waals surface area contributed by atoms with Crippen LogP contribution in [0.2, 0.25) is 0 Å². The lowest BCUT2D eigenvalue weighted by Crippen LogP contribution is -2.42. The topological polar surface area (TPSA) is 75.3 Å². The normalized spacial score (nSPS) is 16.2. The summed E-state index contributed by atoms with van der Waals surface area (Å²) in [5, 5.41) is 11.5. The molecule has 1 aliphatic carbocycles. The number of rotatable bonds is 4.